The molecule has 0 radical (unpaired) electrons. The van der Waals surface area contributed by atoms with Crippen LogP contribution in [0.3, 0.4) is 0 Å². The number of rotatable bonds is 6. The Kier molecular flexibility index (Phi) is 5.60. The number of hydrogen-bond acceptors (Lipinski definition) is 7. The number of aromatic nitrogens is 1. The third-order valence-electron chi connectivity index (χ3n) is 3.84. The predicted octanol–water partition coefficient (Wildman–Crippen LogP) is 2.88. The summed E-state index contributed by atoms with van der Waals surface area (Å²) in [6.45, 7) is 5.31. The highest BCUT2D eigenvalue weighted by Gasteiger charge is 2.19. The van der Waals surface area contributed by atoms with Crippen molar-refractivity contribution >= 4 is 46.5 Å². The van der Waals surface area contributed by atoms with E-state index in [1.807, 2.05) is 22.1 Å². The van der Waals surface area contributed by atoms with Crippen LogP contribution in [0.1, 0.15) is 21.0 Å². The van der Waals surface area contributed by atoms with Crippen molar-refractivity contribution in [2.45, 2.75) is 13.0 Å². The first-order valence-electron chi connectivity index (χ1n) is 7.54. The molecule has 2 aromatic heterocycles. The SMILES string of the molecule is Nc1c(C(=O)c2cccs2)sc(=S)n1CCCN1CCOCC1. The van der Waals surface area contributed by atoms with Crippen LogP contribution in [0.15, 0.2) is 17.5 Å². The molecule has 0 aromatic carbocycles. The first-order valence-corrected chi connectivity index (χ1v) is 9.64. The molecule has 0 amide bonds. The molecule has 0 spiro atoms. The van der Waals surface area contributed by atoms with Crippen LogP contribution < -0.4 is 5.73 Å². The second-order valence-corrected chi connectivity index (χ2v) is 7.94. The van der Waals surface area contributed by atoms with Crippen molar-refractivity contribution in [1.29, 1.82) is 0 Å². The lowest BCUT2D eigenvalue weighted by Crippen LogP contribution is -2.37. The molecule has 0 unspecified atom stereocenters. The average molecular weight is 370 g/mol. The number of hydrogen-bond donors (Lipinski definition) is 1. The van der Waals surface area contributed by atoms with Gasteiger partial charge in [0.05, 0.1) is 18.1 Å². The minimum Gasteiger partial charge on any atom is -0.384 e. The van der Waals surface area contributed by atoms with Crippen LogP contribution in [0, 0.1) is 3.95 Å². The zero-order valence-corrected chi connectivity index (χ0v) is 15.1. The van der Waals surface area contributed by atoms with E-state index in [2.05, 4.69) is 4.90 Å². The fourth-order valence-corrected chi connectivity index (χ4v) is 4.65. The lowest BCUT2D eigenvalue weighted by atomic mass is 10.2. The molecule has 2 N–H and O–H groups in total. The van der Waals surface area contributed by atoms with Crippen molar-refractivity contribution in [1.82, 2.24) is 9.47 Å². The molecule has 2 aromatic rings. The Morgan fingerprint density at radius 3 is 2.83 bits per heavy atom. The number of morpholine rings is 1. The quantitative estimate of drug-likeness (QED) is 0.627. The summed E-state index contributed by atoms with van der Waals surface area (Å²) in [7, 11) is 0. The number of ketones is 1. The molecule has 124 valence electrons. The van der Waals surface area contributed by atoms with E-state index in [9.17, 15) is 4.79 Å². The van der Waals surface area contributed by atoms with Crippen molar-refractivity contribution in [2.24, 2.45) is 0 Å². The maximum atomic E-state index is 12.5. The Morgan fingerprint density at radius 1 is 1.35 bits per heavy atom. The third kappa shape index (κ3) is 3.89. The highest BCUT2D eigenvalue weighted by Crippen LogP contribution is 2.27. The molecule has 0 aliphatic carbocycles. The molecule has 1 fully saturated rings. The van der Waals surface area contributed by atoms with E-state index in [-0.39, 0.29) is 5.78 Å². The Morgan fingerprint density at radius 2 is 2.13 bits per heavy atom. The van der Waals surface area contributed by atoms with Crippen molar-refractivity contribution in [3.63, 3.8) is 0 Å². The minimum absolute atomic E-state index is 0.0273. The molecule has 1 aliphatic heterocycles. The van der Waals surface area contributed by atoms with Crippen LogP contribution in [0.2, 0.25) is 0 Å². The highest BCUT2D eigenvalue weighted by atomic mass is 32.1. The smallest absolute Gasteiger partial charge is 0.216 e. The Bertz CT molecular complexity index is 715. The third-order valence-corrected chi connectivity index (χ3v) is 6.18. The van der Waals surface area contributed by atoms with Crippen LogP contribution in [0.25, 0.3) is 0 Å². The topological polar surface area (TPSA) is 60.5 Å². The fourth-order valence-electron chi connectivity index (χ4n) is 2.59. The molecule has 3 rings (SSSR count). The maximum Gasteiger partial charge on any atom is 0.216 e. The molecular formula is C15H19N3O2S3. The van der Waals surface area contributed by atoms with E-state index in [1.54, 1.807) is 0 Å². The molecule has 0 saturated carbocycles. The number of carbonyl (C=O) groups excluding carboxylic acids is 1. The standard InChI is InChI=1S/C15H19N3O2S3/c16-14-13(12(19)11-3-1-10-22-11)23-15(21)18(14)5-2-4-17-6-8-20-9-7-17/h1,3,10H,2,4-9,16H2. The summed E-state index contributed by atoms with van der Waals surface area (Å²) >= 11 is 8.13. The number of thiophene rings is 1. The lowest BCUT2D eigenvalue weighted by molar-refractivity contribution is 0.0369. The van der Waals surface area contributed by atoms with Crippen LogP contribution in [0.5, 0.6) is 0 Å². The van der Waals surface area contributed by atoms with Gasteiger partial charge in [-0.1, -0.05) is 17.4 Å². The van der Waals surface area contributed by atoms with Gasteiger partial charge in [-0.2, -0.15) is 0 Å². The number of nitrogens with zero attached hydrogens (tertiary/aromatic N) is 2. The summed E-state index contributed by atoms with van der Waals surface area (Å²) < 4.78 is 7.91. The molecule has 5 nitrogen and oxygen atoms in total. The Balaban J connectivity index is 1.66. The minimum atomic E-state index is -0.0273. The van der Waals surface area contributed by atoms with Crippen LogP contribution in [0.4, 0.5) is 5.82 Å². The van der Waals surface area contributed by atoms with Gasteiger partial charge in [0.25, 0.3) is 0 Å². The summed E-state index contributed by atoms with van der Waals surface area (Å²) in [6, 6.07) is 3.69. The number of ether oxygens (including phenoxy) is 1. The first-order chi connectivity index (χ1) is 11.2. The number of nitrogen functional groups attached to an aromatic ring is 1. The number of carbonyl (C=O) groups is 1. The van der Waals surface area contributed by atoms with E-state index in [1.165, 1.54) is 22.7 Å². The molecule has 1 aliphatic rings. The zero-order chi connectivity index (χ0) is 16.2. The van der Waals surface area contributed by atoms with Gasteiger partial charge in [0, 0.05) is 26.2 Å². The fraction of sp³-hybridized carbons (Fsp3) is 0.467. The summed E-state index contributed by atoms with van der Waals surface area (Å²) in [5.41, 5.74) is 6.19. The second kappa shape index (κ2) is 7.67. The monoisotopic (exact) mass is 369 g/mol. The number of anilines is 1. The van der Waals surface area contributed by atoms with Gasteiger partial charge in [0.15, 0.2) is 3.95 Å². The molecular weight excluding hydrogens is 350 g/mol. The molecule has 23 heavy (non-hydrogen) atoms. The zero-order valence-electron chi connectivity index (χ0n) is 12.7. The molecule has 0 bridgehead atoms. The highest BCUT2D eigenvalue weighted by molar-refractivity contribution is 7.73. The molecule has 1 saturated heterocycles. The predicted molar refractivity (Wildman–Crippen MR) is 97.2 cm³/mol. The van der Waals surface area contributed by atoms with Gasteiger partial charge < -0.3 is 15.0 Å². The summed E-state index contributed by atoms with van der Waals surface area (Å²) in [5, 5.41) is 1.89. The molecule has 8 heteroatoms. The van der Waals surface area contributed by atoms with Gasteiger partial charge in [0.2, 0.25) is 5.78 Å². The molecule has 0 atom stereocenters. The van der Waals surface area contributed by atoms with Crippen molar-refractivity contribution in [3.05, 3.63) is 31.2 Å². The van der Waals surface area contributed by atoms with Crippen LogP contribution in [-0.2, 0) is 11.3 Å². The summed E-state index contributed by atoms with van der Waals surface area (Å²) in [4.78, 5) is 16.1. The normalized spacial score (nSPS) is 15.8. The van der Waals surface area contributed by atoms with Crippen LogP contribution >= 0.6 is 34.9 Å². The van der Waals surface area contributed by atoms with Gasteiger partial charge in [-0.25, -0.2) is 0 Å². The van der Waals surface area contributed by atoms with Crippen molar-refractivity contribution < 1.29 is 9.53 Å². The maximum absolute atomic E-state index is 12.5. The van der Waals surface area contributed by atoms with Crippen molar-refractivity contribution in [3.8, 4) is 0 Å². The van der Waals surface area contributed by atoms with Gasteiger partial charge in [0.1, 0.15) is 10.7 Å². The van der Waals surface area contributed by atoms with Gasteiger partial charge in [-0.05, 0) is 30.1 Å². The average Bonchev–Trinajstić information content (AvgIpc) is 3.19. The Labute approximate surface area is 148 Å². The van der Waals surface area contributed by atoms with E-state index in [0.29, 0.717) is 19.5 Å². The number of nitrogens with two attached hydrogens (primary N) is 1. The lowest BCUT2D eigenvalue weighted by Gasteiger charge is -2.26. The van der Waals surface area contributed by atoms with Crippen molar-refractivity contribution in [2.75, 3.05) is 38.6 Å². The number of thiazole rings is 1. The van der Waals surface area contributed by atoms with Gasteiger partial charge in [-0.15, -0.1) is 11.3 Å². The van der Waals surface area contributed by atoms with E-state index >= 15 is 0 Å². The van der Waals surface area contributed by atoms with E-state index in [0.717, 1.165) is 45.8 Å². The van der Waals surface area contributed by atoms with E-state index < -0.39 is 0 Å². The van der Waals surface area contributed by atoms with Gasteiger partial charge >= 0.3 is 0 Å². The molecule has 3 heterocycles. The largest absolute Gasteiger partial charge is 0.384 e. The van der Waals surface area contributed by atoms with E-state index in [4.69, 9.17) is 22.7 Å². The van der Waals surface area contributed by atoms with Crippen LogP contribution in [-0.4, -0.2) is 48.1 Å². The summed E-state index contributed by atoms with van der Waals surface area (Å²) in [5.74, 6) is 0.473. The second-order valence-electron chi connectivity index (χ2n) is 5.35. The first kappa shape index (κ1) is 16.8. The Hall–Kier alpha value is -1.06. The van der Waals surface area contributed by atoms with Gasteiger partial charge in [-0.3, -0.25) is 9.69 Å². The summed E-state index contributed by atoms with van der Waals surface area (Å²) in [6.07, 6.45) is 0.960.